The van der Waals surface area contributed by atoms with E-state index in [1.807, 2.05) is 51.1 Å². The molecular weight excluding hydrogens is 242 g/mol. The van der Waals surface area contributed by atoms with Crippen molar-refractivity contribution < 1.29 is 14.3 Å². The number of amides is 1. The lowest BCUT2D eigenvalue weighted by Crippen LogP contribution is -2.46. The van der Waals surface area contributed by atoms with Crippen molar-refractivity contribution in [3.63, 3.8) is 0 Å². The van der Waals surface area contributed by atoms with Gasteiger partial charge in [-0.25, -0.2) is 4.79 Å². The summed E-state index contributed by atoms with van der Waals surface area (Å²) in [6.45, 7) is 5.56. The summed E-state index contributed by atoms with van der Waals surface area (Å²) < 4.78 is 4.71. The minimum Gasteiger partial charge on any atom is -0.467 e. The van der Waals surface area contributed by atoms with Crippen molar-refractivity contribution in [2.24, 2.45) is 5.92 Å². The minimum absolute atomic E-state index is 0.0145. The number of methoxy groups -OCH3 is 1. The van der Waals surface area contributed by atoms with Gasteiger partial charge in [0.15, 0.2) is 0 Å². The average Bonchev–Trinajstić information content (AvgIpc) is 2.43. The molecule has 0 spiro atoms. The van der Waals surface area contributed by atoms with E-state index in [1.54, 1.807) is 0 Å². The van der Waals surface area contributed by atoms with E-state index < -0.39 is 12.0 Å². The lowest BCUT2D eigenvalue weighted by atomic mass is 9.98. The van der Waals surface area contributed by atoms with E-state index in [2.05, 4.69) is 5.32 Å². The van der Waals surface area contributed by atoms with E-state index in [0.717, 1.165) is 5.56 Å². The van der Waals surface area contributed by atoms with Gasteiger partial charge in [0.1, 0.15) is 6.04 Å². The molecule has 0 saturated carbocycles. The van der Waals surface area contributed by atoms with Crippen molar-refractivity contribution in [3.05, 3.63) is 35.9 Å². The van der Waals surface area contributed by atoms with Crippen molar-refractivity contribution in [2.75, 3.05) is 7.11 Å². The highest BCUT2D eigenvalue weighted by Crippen LogP contribution is 2.15. The standard InChI is InChI=1S/C15H21NO3/c1-10(2)13(15(18)19-4)16-14(17)11(3)12-8-6-5-7-9-12/h5-11,13H,1-4H3,(H,16,17)/t11-,13-/m1/s1. The highest BCUT2D eigenvalue weighted by atomic mass is 16.5. The fraction of sp³-hybridized carbons (Fsp3) is 0.467. The largest absolute Gasteiger partial charge is 0.467 e. The second kappa shape index (κ2) is 6.92. The van der Waals surface area contributed by atoms with Crippen LogP contribution in [0.25, 0.3) is 0 Å². The number of ether oxygens (including phenoxy) is 1. The van der Waals surface area contributed by atoms with Crippen LogP contribution < -0.4 is 5.32 Å². The molecule has 0 unspecified atom stereocenters. The average molecular weight is 263 g/mol. The Labute approximate surface area is 114 Å². The van der Waals surface area contributed by atoms with Crippen LogP contribution in [-0.4, -0.2) is 25.0 Å². The van der Waals surface area contributed by atoms with Gasteiger partial charge in [-0.3, -0.25) is 4.79 Å². The Balaban J connectivity index is 2.75. The van der Waals surface area contributed by atoms with Gasteiger partial charge >= 0.3 is 5.97 Å². The Hall–Kier alpha value is -1.84. The molecule has 0 heterocycles. The van der Waals surface area contributed by atoms with Gasteiger partial charge in [-0.05, 0) is 18.4 Å². The van der Waals surface area contributed by atoms with Crippen molar-refractivity contribution in [1.82, 2.24) is 5.32 Å². The van der Waals surface area contributed by atoms with E-state index in [0.29, 0.717) is 0 Å². The smallest absolute Gasteiger partial charge is 0.328 e. The SMILES string of the molecule is COC(=O)[C@H](NC(=O)[C@H](C)c1ccccc1)C(C)C. The molecular formula is C15H21NO3. The maximum atomic E-state index is 12.2. The maximum Gasteiger partial charge on any atom is 0.328 e. The van der Waals surface area contributed by atoms with E-state index in [-0.39, 0.29) is 17.7 Å². The minimum atomic E-state index is -0.608. The molecule has 4 heteroatoms. The summed E-state index contributed by atoms with van der Waals surface area (Å²) >= 11 is 0. The molecule has 1 aromatic carbocycles. The normalized spacial score (nSPS) is 13.7. The van der Waals surface area contributed by atoms with Crippen LogP contribution in [0.15, 0.2) is 30.3 Å². The number of esters is 1. The molecule has 1 N–H and O–H groups in total. The monoisotopic (exact) mass is 263 g/mol. The summed E-state index contributed by atoms with van der Waals surface area (Å²) in [6.07, 6.45) is 0. The molecule has 2 atom stereocenters. The molecule has 0 bridgehead atoms. The van der Waals surface area contributed by atoms with Gasteiger partial charge in [-0.15, -0.1) is 0 Å². The molecule has 104 valence electrons. The van der Waals surface area contributed by atoms with E-state index in [4.69, 9.17) is 4.74 Å². The Bertz CT molecular complexity index is 428. The molecule has 0 aliphatic carbocycles. The zero-order valence-electron chi connectivity index (χ0n) is 11.8. The lowest BCUT2D eigenvalue weighted by Gasteiger charge is -2.22. The van der Waals surface area contributed by atoms with E-state index >= 15 is 0 Å². The van der Waals surface area contributed by atoms with Gasteiger partial charge in [-0.1, -0.05) is 44.2 Å². The van der Waals surface area contributed by atoms with E-state index in [9.17, 15) is 9.59 Å². The number of carbonyl (C=O) groups is 2. The molecule has 1 rings (SSSR count). The van der Waals surface area contributed by atoms with Gasteiger partial charge in [-0.2, -0.15) is 0 Å². The zero-order chi connectivity index (χ0) is 14.4. The molecule has 0 aliphatic rings. The van der Waals surface area contributed by atoms with Crippen LogP contribution >= 0.6 is 0 Å². The third-order valence-electron chi connectivity index (χ3n) is 3.11. The fourth-order valence-corrected chi connectivity index (χ4v) is 1.80. The number of carbonyl (C=O) groups excluding carboxylic acids is 2. The summed E-state index contributed by atoms with van der Waals surface area (Å²) in [7, 11) is 1.32. The number of hydrogen-bond acceptors (Lipinski definition) is 3. The van der Waals surface area contributed by atoms with Crippen molar-refractivity contribution in [1.29, 1.82) is 0 Å². The van der Waals surface area contributed by atoms with Crippen LogP contribution in [0.5, 0.6) is 0 Å². The molecule has 0 radical (unpaired) electrons. The van der Waals surface area contributed by atoms with Crippen LogP contribution in [0.2, 0.25) is 0 Å². The first-order valence-corrected chi connectivity index (χ1v) is 6.40. The molecule has 1 aromatic rings. The van der Waals surface area contributed by atoms with E-state index in [1.165, 1.54) is 7.11 Å². The highest BCUT2D eigenvalue weighted by Gasteiger charge is 2.27. The molecule has 0 aliphatic heterocycles. The Morgan fingerprint density at radius 2 is 1.68 bits per heavy atom. The lowest BCUT2D eigenvalue weighted by molar-refractivity contribution is -0.146. The summed E-state index contributed by atoms with van der Waals surface area (Å²) in [5.74, 6) is -0.898. The van der Waals surface area contributed by atoms with Gasteiger partial charge in [0.25, 0.3) is 0 Å². The molecule has 0 saturated heterocycles. The van der Waals surface area contributed by atoms with Crippen LogP contribution in [0.3, 0.4) is 0 Å². The third-order valence-corrected chi connectivity index (χ3v) is 3.11. The summed E-state index contributed by atoms with van der Waals surface area (Å²) in [5, 5.41) is 2.75. The number of benzene rings is 1. The van der Waals surface area contributed by atoms with Gasteiger partial charge in [0.05, 0.1) is 13.0 Å². The molecule has 4 nitrogen and oxygen atoms in total. The zero-order valence-corrected chi connectivity index (χ0v) is 11.8. The third kappa shape index (κ3) is 4.09. The first-order valence-electron chi connectivity index (χ1n) is 6.40. The predicted molar refractivity (Wildman–Crippen MR) is 73.6 cm³/mol. The van der Waals surface area contributed by atoms with Gasteiger partial charge in [0, 0.05) is 0 Å². The quantitative estimate of drug-likeness (QED) is 0.828. The van der Waals surface area contributed by atoms with Gasteiger partial charge in [0.2, 0.25) is 5.91 Å². The summed E-state index contributed by atoms with van der Waals surface area (Å²) in [6, 6.07) is 8.86. The molecule has 19 heavy (non-hydrogen) atoms. The van der Waals surface area contributed by atoms with Crippen LogP contribution in [-0.2, 0) is 14.3 Å². The summed E-state index contributed by atoms with van der Waals surface area (Å²) in [4.78, 5) is 23.8. The molecule has 1 amide bonds. The first-order chi connectivity index (χ1) is 8.97. The maximum absolute atomic E-state index is 12.2. The second-order valence-corrected chi connectivity index (χ2v) is 4.89. The number of nitrogens with one attached hydrogen (secondary N) is 1. The number of rotatable bonds is 5. The van der Waals surface area contributed by atoms with Crippen LogP contribution in [0.4, 0.5) is 0 Å². The van der Waals surface area contributed by atoms with Crippen molar-refractivity contribution in [2.45, 2.75) is 32.7 Å². The van der Waals surface area contributed by atoms with Crippen molar-refractivity contribution in [3.8, 4) is 0 Å². The first kappa shape index (κ1) is 15.2. The fourth-order valence-electron chi connectivity index (χ4n) is 1.80. The topological polar surface area (TPSA) is 55.4 Å². The summed E-state index contributed by atoms with van der Waals surface area (Å²) in [5.41, 5.74) is 0.923. The highest BCUT2D eigenvalue weighted by molar-refractivity contribution is 5.88. The van der Waals surface area contributed by atoms with Crippen LogP contribution in [0, 0.1) is 5.92 Å². The Kier molecular flexibility index (Phi) is 5.55. The Morgan fingerprint density at radius 1 is 1.11 bits per heavy atom. The van der Waals surface area contributed by atoms with Crippen LogP contribution in [0.1, 0.15) is 32.3 Å². The van der Waals surface area contributed by atoms with Gasteiger partial charge < -0.3 is 10.1 Å². The molecule has 0 fully saturated rings. The predicted octanol–water partition coefficient (Wildman–Crippen LogP) is 2.10. The molecule has 0 aromatic heterocycles. The Morgan fingerprint density at radius 3 is 2.16 bits per heavy atom. The number of hydrogen-bond donors (Lipinski definition) is 1. The van der Waals surface area contributed by atoms with Crippen molar-refractivity contribution >= 4 is 11.9 Å². The second-order valence-electron chi connectivity index (χ2n) is 4.89.